The molecule has 0 unspecified atom stereocenters. The van der Waals surface area contributed by atoms with Crippen LogP contribution in [0.3, 0.4) is 0 Å². The molecule has 0 bridgehead atoms. The van der Waals surface area contributed by atoms with Gasteiger partial charge in [-0.1, -0.05) is 23.2 Å². The molecule has 70 valence electrons. The molecule has 13 heavy (non-hydrogen) atoms. The lowest BCUT2D eigenvalue weighted by atomic mass is 10.2. The van der Waals surface area contributed by atoms with E-state index in [4.69, 9.17) is 28.3 Å². The molecular weight excluding hydrogens is 231 g/mol. The molecule has 1 aromatic rings. The summed E-state index contributed by atoms with van der Waals surface area (Å²) in [5.74, 6) is -1.07. The van der Waals surface area contributed by atoms with Crippen molar-refractivity contribution < 1.29 is 9.90 Å². The van der Waals surface area contributed by atoms with Crippen LogP contribution in [0.25, 0.3) is 0 Å². The lowest BCUT2D eigenvalue weighted by Crippen LogP contribution is -1.97. The van der Waals surface area contributed by atoms with Gasteiger partial charge >= 0.3 is 5.97 Å². The van der Waals surface area contributed by atoms with E-state index >= 15 is 0 Å². The smallest absolute Gasteiger partial charge is 0.337 e. The minimum atomic E-state index is -1.07. The second-order valence-corrected chi connectivity index (χ2v) is 3.85. The Balaban J connectivity index is 3.31. The summed E-state index contributed by atoms with van der Waals surface area (Å²) in [6, 6.07) is 3.09. The summed E-state index contributed by atoms with van der Waals surface area (Å²) in [6.45, 7) is 0. The molecule has 5 heteroatoms. The van der Waals surface area contributed by atoms with E-state index < -0.39 is 5.97 Å². The third kappa shape index (κ3) is 2.10. The van der Waals surface area contributed by atoms with Gasteiger partial charge in [0.25, 0.3) is 0 Å². The van der Waals surface area contributed by atoms with Gasteiger partial charge in [0.2, 0.25) is 0 Å². The van der Waals surface area contributed by atoms with Gasteiger partial charge in [0.15, 0.2) is 0 Å². The first-order valence-corrected chi connectivity index (χ1v) is 5.31. The first-order valence-electron chi connectivity index (χ1n) is 3.33. The summed E-state index contributed by atoms with van der Waals surface area (Å²) in [5.41, 5.74) is 0.0319. The van der Waals surface area contributed by atoms with Crippen molar-refractivity contribution in [2.75, 3.05) is 6.26 Å². The monoisotopic (exact) mass is 236 g/mol. The van der Waals surface area contributed by atoms with Gasteiger partial charge in [0.1, 0.15) is 0 Å². The van der Waals surface area contributed by atoms with E-state index in [0.717, 1.165) is 4.90 Å². The van der Waals surface area contributed by atoms with Crippen LogP contribution in [0.1, 0.15) is 10.4 Å². The summed E-state index contributed by atoms with van der Waals surface area (Å²) >= 11 is 13.0. The third-order valence-corrected chi connectivity index (χ3v) is 3.27. The van der Waals surface area contributed by atoms with E-state index in [9.17, 15) is 4.79 Å². The van der Waals surface area contributed by atoms with Crippen molar-refractivity contribution in [1.82, 2.24) is 0 Å². The zero-order valence-electron chi connectivity index (χ0n) is 6.67. The Morgan fingerprint density at radius 2 is 2.00 bits per heavy atom. The van der Waals surface area contributed by atoms with E-state index in [1.807, 2.05) is 6.26 Å². The van der Waals surface area contributed by atoms with Crippen molar-refractivity contribution >= 4 is 40.9 Å². The van der Waals surface area contributed by atoms with Crippen molar-refractivity contribution in [3.8, 4) is 0 Å². The van der Waals surface area contributed by atoms with Gasteiger partial charge in [-0.15, -0.1) is 11.8 Å². The van der Waals surface area contributed by atoms with Crippen molar-refractivity contribution in [2.24, 2.45) is 0 Å². The van der Waals surface area contributed by atoms with Crippen molar-refractivity contribution in [3.63, 3.8) is 0 Å². The van der Waals surface area contributed by atoms with Crippen LogP contribution in [0.15, 0.2) is 17.0 Å². The minimum Gasteiger partial charge on any atom is -0.478 e. The molecule has 0 saturated heterocycles. The van der Waals surface area contributed by atoms with Crippen molar-refractivity contribution in [3.05, 3.63) is 27.7 Å². The highest BCUT2D eigenvalue weighted by atomic mass is 35.5. The number of carboxylic acid groups (broad SMARTS) is 1. The highest BCUT2D eigenvalue weighted by Gasteiger charge is 2.13. The molecule has 0 fully saturated rings. The number of hydrogen-bond acceptors (Lipinski definition) is 2. The molecule has 0 aliphatic heterocycles. The largest absolute Gasteiger partial charge is 0.478 e. The van der Waals surface area contributed by atoms with Gasteiger partial charge in [-0.3, -0.25) is 0 Å². The predicted octanol–water partition coefficient (Wildman–Crippen LogP) is 3.41. The van der Waals surface area contributed by atoms with E-state index in [-0.39, 0.29) is 10.6 Å². The van der Waals surface area contributed by atoms with Gasteiger partial charge in [-0.2, -0.15) is 0 Å². The molecule has 0 saturated carbocycles. The Kier molecular flexibility index (Phi) is 3.47. The van der Waals surface area contributed by atoms with E-state index in [0.29, 0.717) is 5.02 Å². The summed E-state index contributed by atoms with van der Waals surface area (Å²) in [7, 11) is 0. The summed E-state index contributed by atoms with van der Waals surface area (Å²) < 4.78 is 0. The van der Waals surface area contributed by atoms with Crippen LogP contribution in [0.5, 0.6) is 0 Å². The highest BCUT2D eigenvalue weighted by molar-refractivity contribution is 7.98. The number of carboxylic acids is 1. The molecule has 0 radical (unpaired) electrons. The molecular formula is C8H6Cl2O2S. The maximum Gasteiger partial charge on any atom is 0.337 e. The van der Waals surface area contributed by atoms with Crippen LogP contribution in [0.4, 0.5) is 0 Å². The standard InChI is InChI=1S/C8H6Cl2O2S/c1-13-5-3-2-4(8(11)12)6(9)7(5)10/h2-3H,1H3,(H,11,12). The quantitative estimate of drug-likeness (QED) is 0.801. The summed E-state index contributed by atoms with van der Waals surface area (Å²) in [5, 5.41) is 9.10. The summed E-state index contributed by atoms with van der Waals surface area (Å²) in [6.07, 6.45) is 1.85. The van der Waals surface area contributed by atoms with Crippen LogP contribution in [-0.4, -0.2) is 17.3 Å². The Labute approximate surface area is 89.8 Å². The first-order chi connectivity index (χ1) is 6.07. The van der Waals surface area contributed by atoms with Gasteiger partial charge in [0, 0.05) is 4.90 Å². The van der Waals surface area contributed by atoms with Gasteiger partial charge in [-0.05, 0) is 18.4 Å². The zero-order chi connectivity index (χ0) is 10.0. The Morgan fingerprint density at radius 3 is 2.46 bits per heavy atom. The number of hydrogen-bond donors (Lipinski definition) is 1. The van der Waals surface area contributed by atoms with Crippen LogP contribution in [-0.2, 0) is 0 Å². The second kappa shape index (κ2) is 4.22. The maximum absolute atomic E-state index is 10.6. The fraction of sp³-hybridized carbons (Fsp3) is 0.125. The second-order valence-electron chi connectivity index (χ2n) is 2.25. The first kappa shape index (κ1) is 10.7. The Morgan fingerprint density at radius 1 is 1.38 bits per heavy atom. The maximum atomic E-state index is 10.6. The summed E-state index contributed by atoms with van der Waals surface area (Å²) in [4.78, 5) is 11.4. The molecule has 0 aromatic heterocycles. The molecule has 0 spiro atoms. The molecule has 1 aromatic carbocycles. The molecule has 0 atom stereocenters. The highest BCUT2D eigenvalue weighted by Crippen LogP contribution is 2.34. The number of thioether (sulfide) groups is 1. The fourth-order valence-corrected chi connectivity index (χ4v) is 2.04. The molecule has 1 rings (SSSR count). The van der Waals surface area contributed by atoms with Gasteiger partial charge < -0.3 is 5.11 Å². The predicted molar refractivity (Wildman–Crippen MR) is 55.2 cm³/mol. The molecule has 0 aliphatic rings. The number of rotatable bonds is 2. The lowest BCUT2D eigenvalue weighted by Gasteiger charge is -2.04. The number of carbonyl (C=O) groups is 1. The molecule has 0 heterocycles. The molecule has 2 nitrogen and oxygen atoms in total. The van der Waals surface area contributed by atoms with Gasteiger partial charge in [-0.25, -0.2) is 4.79 Å². The average Bonchev–Trinajstić information content (AvgIpc) is 2.09. The lowest BCUT2D eigenvalue weighted by molar-refractivity contribution is 0.0697. The number of halogens is 2. The zero-order valence-corrected chi connectivity index (χ0v) is 9.00. The molecule has 0 amide bonds. The van der Waals surface area contributed by atoms with Crippen molar-refractivity contribution in [2.45, 2.75) is 4.90 Å². The van der Waals surface area contributed by atoms with Crippen LogP contribution in [0.2, 0.25) is 10.0 Å². The number of benzene rings is 1. The Bertz CT molecular complexity index is 352. The molecule has 1 N–H and O–H groups in total. The normalized spacial score (nSPS) is 10.1. The minimum absolute atomic E-state index is 0.0319. The van der Waals surface area contributed by atoms with E-state index in [2.05, 4.69) is 0 Å². The van der Waals surface area contributed by atoms with E-state index in [1.54, 1.807) is 6.07 Å². The van der Waals surface area contributed by atoms with E-state index in [1.165, 1.54) is 17.8 Å². The van der Waals surface area contributed by atoms with Crippen molar-refractivity contribution in [1.29, 1.82) is 0 Å². The SMILES string of the molecule is CSc1ccc(C(=O)O)c(Cl)c1Cl. The van der Waals surface area contributed by atoms with Crippen LogP contribution in [0, 0.1) is 0 Å². The fourth-order valence-electron chi connectivity index (χ4n) is 0.855. The number of aromatic carboxylic acids is 1. The van der Waals surface area contributed by atoms with Crippen LogP contribution < -0.4 is 0 Å². The topological polar surface area (TPSA) is 37.3 Å². The Hall–Kier alpha value is -0.380. The van der Waals surface area contributed by atoms with Gasteiger partial charge in [0.05, 0.1) is 15.6 Å². The van der Waals surface area contributed by atoms with Crippen LogP contribution >= 0.6 is 35.0 Å². The molecule has 0 aliphatic carbocycles. The average molecular weight is 237 g/mol. The third-order valence-electron chi connectivity index (χ3n) is 1.50.